The van der Waals surface area contributed by atoms with Crippen molar-refractivity contribution in [3.05, 3.63) is 53.3 Å². The number of benzene rings is 1. The molecule has 3 aromatic rings. The summed E-state index contributed by atoms with van der Waals surface area (Å²) in [6.45, 7) is 2.66. The van der Waals surface area contributed by atoms with Gasteiger partial charge in [-0.15, -0.1) is 10.2 Å². The third-order valence-corrected chi connectivity index (χ3v) is 4.01. The monoisotopic (exact) mass is 371 g/mol. The first-order valence-electron chi connectivity index (χ1n) is 8.33. The summed E-state index contributed by atoms with van der Waals surface area (Å²) in [6, 6.07) is 9.08. The Bertz CT molecular complexity index is 914. The SMILES string of the molecule is COC(=O)c1cc(CN(C)Cc2nnc(-c3ccc(OC)cc3)o2)oc1C. The molecule has 2 heterocycles. The number of ether oxygens (including phenoxy) is 2. The van der Waals surface area contributed by atoms with Crippen LogP contribution in [0.15, 0.2) is 39.2 Å². The molecule has 0 unspecified atom stereocenters. The first-order chi connectivity index (χ1) is 13.0. The molecule has 27 heavy (non-hydrogen) atoms. The molecule has 1 aromatic carbocycles. The third-order valence-electron chi connectivity index (χ3n) is 4.01. The third kappa shape index (κ3) is 4.35. The number of carbonyl (C=O) groups is 1. The molecule has 0 aliphatic heterocycles. The van der Waals surface area contributed by atoms with Crippen molar-refractivity contribution in [2.24, 2.45) is 0 Å². The quantitative estimate of drug-likeness (QED) is 0.585. The molecule has 0 spiro atoms. The average molecular weight is 371 g/mol. The Morgan fingerprint density at radius 3 is 2.52 bits per heavy atom. The largest absolute Gasteiger partial charge is 0.497 e. The van der Waals surface area contributed by atoms with Crippen LogP contribution in [0.4, 0.5) is 0 Å². The standard InChI is InChI=1S/C19H21N3O5/c1-12-16(19(23)25-4)9-15(26-12)10-22(2)11-17-20-21-18(27-17)13-5-7-14(24-3)8-6-13/h5-9H,10-11H2,1-4H3. The van der Waals surface area contributed by atoms with Gasteiger partial charge >= 0.3 is 5.97 Å². The number of nitrogens with zero attached hydrogens (tertiary/aromatic N) is 3. The molecule has 0 atom stereocenters. The van der Waals surface area contributed by atoms with E-state index in [1.54, 1.807) is 20.1 Å². The van der Waals surface area contributed by atoms with Gasteiger partial charge in [-0.3, -0.25) is 4.90 Å². The fraction of sp³-hybridized carbons (Fsp3) is 0.316. The van der Waals surface area contributed by atoms with Crippen molar-refractivity contribution in [2.75, 3.05) is 21.3 Å². The van der Waals surface area contributed by atoms with Gasteiger partial charge in [0.25, 0.3) is 0 Å². The average Bonchev–Trinajstić information content (AvgIpc) is 3.27. The summed E-state index contributed by atoms with van der Waals surface area (Å²) in [5.41, 5.74) is 1.25. The molecule has 0 fully saturated rings. The van der Waals surface area contributed by atoms with Crippen molar-refractivity contribution in [1.29, 1.82) is 0 Å². The predicted octanol–water partition coefficient (Wildman–Crippen LogP) is 3.07. The summed E-state index contributed by atoms with van der Waals surface area (Å²) in [7, 11) is 4.85. The summed E-state index contributed by atoms with van der Waals surface area (Å²) in [4.78, 5) is 13.6. The molecule has 8 nitrogen and oxygen atoms in total. The van der Waals surface area contributed by atoms with E-state index in [0.29, 0.717) is 42.0 Å². The Morgan fingerprint density at radius 1 is 1.11 bits per heavy atom. The molecule has 0 radical (unpaired) electrons. The van der Waals surface area contributed by atoms with Crippen molar-refractivity contribution in [1.82, 2.24) is 15.1 Å². The summed E-state index contributed by atoms with van der Waals surface area (Å²) in [5, 5.41) is 8.17. The molecule has 0 aliphatic carbocycles. The molecule has 0 amide bonds. The molecule has 2 aromatic heterocycles. The van der Waals surface area contributed by atoms with Crippen LogP contribution in [0.5, 0.6) is 5.75 Å². The summed E-state index contributed by atoms with van der Waals surface area (Å²) >= 11 is 0. The summed E-state index contributed by atoms with van der Waals surface area (Å²) in [5.74, 6) is 2.47. The number of aromatic nitrogens is 2. The number of hydrogen-bond donors (Lipinski definition) is 0. The lowest BCUT2D eigenvalue weighted by molar-refractivity contribution is 0.0599. The van der Waals surface area contributed by atoms with E-state index in [1.165, 1.54) is 7.11 Å². The van der Waals surface area contributed by atoms with Crippen molar-refractivity contribution in [2.45, 2.75) is 20.0 Å². The fourth-order valence-corrected chi connectivity index (χ4v) is 2.65. The van der Waals surface area contributed by atoms with Gasteiger partial charge in [-0.2, -0.15) is 0 Å². The molecule has 0 aliphatic rings. The predicted molar refractivity (Wildman–Crippen MR) is 96.2 cm³/mol. The second-order valence-electron chi connectivity index (χ2n) is 6.08. The highest BCUT2D eigenvalue weighted by molar-refractivity contribution is 5.90. The molecule has 0 saturated heterocycles. The molecule has 142 valence electrons. The van der Waals surface area contributed by atoms with E-state index in [0.717, 1.165) is 11.3 Å². The van der Waals surface area contributed by atoms with E-state index in [9.17, 15) is 4.79 Å². The van der Waals surface area contributed by atoms with Crippen molar-refractivity contribution in [3.8, 4) is 17.2 Å². The number of furan rings is 1. The van der Waals surface area contributed by atoms with Gasteiger partial charge in [-0.1, -0.05) is 0 Å². The van der Waals surface area contributed by atoms with E-state index < -0.39 is 5.97 Å². The summed E-state index contributed by atoms with van der Waals surface area (Å²) < 4.78 is 21.2. The van der Waals surface area contributed by atoms with Crippen molar-refractivity contribution >= 4 is 5.97 Å². The van der Waals surface area contributed by atoms with Crippen molar-refractivity contribution in [3.63, 3.8) is 0 Å². The lowest BCUT2D eigenvalue weighted by Gasteiger charge is -2.11. The Hall–Kier alpha value is -3.13. The van der Waals surface area contributed by atoms with Crippen LogP contribution in [-0.2, 0) is 17.8 Å². The zero-order valence-electron chi connectivity index (χ0n) is 15.7. The Labute approximate surface area is 156 Å². The number of hydrogen-bond acceptors (Lipinski definition) is 8. The van der Waals surface area contributed by atoms with Gasteiger partial charge in [-0.25, -0.2) is 4.79 Å². The van der Waals surface area contributed by atoms with Gasteiger partial charge in [0.1, 0.15) is 22.8 Å². The van der Waals surface area contributed by atoms with E-state index in [1.807, 2.05) is 36.2 Å². The van der Waals surface area contributed by atoms with Gasteiger partial charge in [0.15, 0.2) is 0 Å². The zero-order chi connectivity index (χ0) is 19.4. The van der Waals surface area contributed by atoms with Crippen molar-refractivity contribution < 1.29 is 23.1 Å². The smallest absolute Gasteiger partial charge is 0.341 e. The fourth-order valence-electron chi connectivity index (χ4n) is 2.65. The number of aryl methyl sites for hydroxylation is 1. The molecule has 3 rings (SSSR count). The normalized spacial score (nSPS) is 11.0. The maximum atomic E-state index is 11.7. The number of esters is 1. The molecule has 8 heteroatoms. The highest BCUT2D eigenvalue weighted by atomic mass is 16.5. The zero-order valence-corrected chi connectivity index (χ0v) is 15.7. The van der Waals surface area contributed by atoms with Gasteiger partial charge in [0, 0.05) is 5.56 Å². The molecular formula is C19H21N3O5. The van der Waals surface area contributed by atoms with Crippen LogP contribution >= 0.6 is 0 Å². The topological polar surface area (TPSA) is 90.8 Å². The van der Waals surface area contributed by atoms with E-state index >= 15 is 0 Å². The second kappa shape index (κ2) is 8.05. The first kappa shape index (κ1) is 18.7. The highest BCUT2D eigenvalue weighted by Gasteiger charge is 2.17. The van der Waals surface area contributed by atoms with Crippen LogP contribution in [0.25, 0.3) is 11.5 Å². The van der Waals surface area contributed by atoms with Gasteiger partial charge < -0.3 is 18.3 Å². The lowest BCUT2D eigenvalue weighted by Crippen LogP contribution is -2.17. The second-order valence-corrected chi connectivity index (χ2v) is 6.08. The first-order valence-corrected chi connectivity index (χ1v) is 8.33. The Morgan fingerprint density at radius 2 is 1.85 bits per heavy atom. The van der Waals surface area contributed by atoms with Crippen LogP contribution in [0.2, 0.25) is 0 Å². The van der Waals surface area contributed by atoms with Crippen LogP contribution in [0, 0.1) is 6.92 Å². The van der Waals surface area contributed by atoms with Gasteiger partial charge in [0.05, 0.1) is 27.3 Å². The lowest BCUT2D eigenvalue weighted by atomic mass is 10.2. The van der Waals surface area contributed by atoms with E-state index in [2.05, 4.69) is 10.2 Å². The maximum absolute atomic E-state index is 11.7. The number of methoxy groups -OCH3 is 2. The van der Waals surface area contributed by atoms with Gasteiger partial charge in [0.2, 0.25) is 11.8 Å². The van der Waals surface area contributed by atoms with E-state index in [4.69, 9.17) is 18.3 Å². The van der Waals surface area contributed by atoms with Gasteiger partial charge in [-0.05, 0) is 44.3 Å². The molecule has 0 saturated carbocycles. The maximum Gasteiger partial charge on any atom is 0.341 e. The van der Waals surface area contributed by atoms with Crippen LogP contribution in [0.1, 0.15) is 27.8 Å². The minimum Gasteiger partial charge on any atom is -0.497 e. The number of carbonyl (C=O) groups excluding carboxylic acids is 1. The minimum absolute atomic E-state index is 0.411. The Kier molecular flexibility index (Phi) is 5.56. The molecule has 0 bridgehead atoms. The van der Waals surface area contributed by atoms with E-state index in [-0.39, 0.29) is 0 Å². The van der Waals surface area contributed by atoms with Crippen LogP contribution in [0.3, 0.4) is 0 Å². The molecule has 0 N–H and O–H groups in total. The van der Waals surface area contributed by atoms with Crippen LogP contribution < -0.4 is 4.74 Å². The summed E-state index contributed by atoms with van der Waals surface area (Å²) in [6.07, 6.45) is 0. The highest BCUT2D eigenvalue weighted by Crippen LogP contribution is 2.22. The molecular weight excluding hydrogens is 350 g/mol. The Balaban J connectivity index is 1.64. The van der Waals surface area contributed by atoms with Crippen LogP contribution in [-0.4, -0.2) is 42.3 Å². The minimum atomic E-state index is -0.411. The number of rotatable bonds is 7.